The maximum atomic E-state index is 14.8. The average Bonchev–Trinajstić information content (AvgIpc) is 3.68. The van der Waals surface area contributed by atoms with Crippen molar-refractivity contribution >= 4 is 52.8 Å². The molecule has 7 N–H and O–H groups in total. The summed E-state index contributed by atoms with van der Waals surface area (Å²) in [7, 11) is 0. The highest BCUT2D eigenvalue weighted by Gasteiger charge is 2.42. The third-order valence-corrected chi connectivity index (χ3v) is 9.91. The Labute approximate surface area is 319 Å². The fourth-order valence-electron chi connectivity index (χ4n) is 6.84. The molecule has 17 heteroatoms. The molecule has 3 aromatic rings. The molecule has 6 rings (SSSR count). The van der Waals surface area contributed by atoms with Gasteiger partial charge in [0.2, 0.25) is 6.10 Å². The van der Waals surface area contributed by atoms with Crippen LogP contribution < -0.4 is 5.32 Å². The van der Waals surface area contributed by atoms with Gasteiger partial charge in [-0.2, -0.15) is 0 Å². The molecule has 0 aliphatic carbocycles. The van der Waals surface area contributed by atoms with Gasteiger partial charge in [-0.25, -0.2) is 9.18 Å². The van der Waals surface area contributed by atoms with Gasteiger partial charge < -0.3 is 45.7 Å². The summed E-state index contributed by atoms with van der Waals surface area (Å²) in [6, 6.07) is 14.6. The van der Waals surface area contributed by atoms with Gasteiger partial charge in [0.1, 0.15) is 18.2 Å². The number of carbonyl (C=O) groups excluding carboxylic acids is 2. The summed E-state index contributed by atoms with van der Waals surface area (Å²) in [5.74, 6) is -2.85. The zero-order valence-corrected chi connectivity index (χ0v) is 30.0. The van der Waals surface area contributed by atoms with E-state index in [1.54, 1.807) is 12.1 Å². The molecule has 2 amide bonds. The summed E-state index contributed by atoms with van der Waals surface area (Å²) in [6.07, 6.45) is -2.40. The SMILES string of the molecule is O=C(O)c1ccc(NC(=O)[C@@H]2c3cccc(C4=CCN(CC(O)C(O)C(O)CO)CC4)c3CCN2C(=O)[C@H]2CC(c3cccc(Cl)c3F)=NO2)cc1.O=CO. The molecule has 0 aromatic heterocycles. The predicted molar refractivity (Wildman–Crippen MR) is 197 cm³/mol. The first-order valence-corrected chi connectivity index (χ1v) is 17.6. The second-order valence-corrected chi connectivity index (χ2v) is 13.4. The van der Waals surface area contributed by atoms with Crippen LogP contribution >= 0.6 is 11.6 Å². The first-order valence-electron chi connectivity index (χ1n) is 17.3. The highest BCUT2D eigenvalue weighted by molar-refractivity contribution is 6.31. The summed E-state index contributed by atoms with van der Waals surface area (Å²) in [5, 5.41) is 62.2. The molecule has 0 bridgehead atoms. The standard InChI is InChI=1S/C37H38ClFN4O9.CH2O2/c38-27-6-2-5-26(32(27)39)28-17-31(52-41-28)36(49)43-16-13-24-23(20-11-14-42(15-12-20)18-29(45)34(47)30(46)19-44)3-1-4-25(24)33(43)35(48)40-22-9-7-21(8-10-22)37(50)51;2-1-3/h1-11,29-31,33-34,44-47H,12-19H2,(H,40,48)(H,50,51);1H,(H,2,3)/t29?,30?,31-,33+,34?;/m1./s1. The number of anilines is 1. The Bertz CT molecular complexity index is 1960. The van der Waals surface area contributed by atoms with Crippen LogP contribution in [0.3, 0.4) is 0 Å². The molecule has 0 saturated carbocycles. The molecule has 0 radical (unpaired) electrons. The number of carboxylic acids is 1. The van der Waals surface area contributed by atoms with Crippen molar-refractivity contribution in [3.05, 3.63) is 105 Å². The van der Waals surface area contributed by atoms with E-state index in [4.69, 9.17) is 31.4 Å². The van der Waals surface area contributed by atoms with E-state index in [0.29, 0.717) is 37.2 Å². The molecular weight excluding hydrogens is 743 g/mol. The van der Waals surface area contributed by atoms with Crippen LogP contribution in [-0.4, -0.2) is 128 Å². The van der Waals surface area contributed by atoms with E-state index in [-0.39, 0.29) is 47.8 Å². The topological polar surface area (TPSA) is 230 Å². The van der Waals surface area contributed by atoms with Crippen LogP contribution in [0.4, 0.5) is 10.1 Å². The minimum atomic E-state index is -1.49. The smallest absolute Gasteiger partial charge is 0.335 e. The van der Waals surface area contributed by atoms with Crippen molar-refractivity contribution in [2.75, 3.05) is 38.1 Å². The van der Waals surface area contributed by atoms with Gasteiger partial charge in [0.05, 0.1) is 29.0 Å². The summed E-state index contributed by atoms with van der Waals surface area (Å²) < 4.78 is 14.8. The number of aliphatic hydroxyl groups is 4. The molecule has 3 heterocycles. The number of carbonyl (C=O) groups is 4. The van der Waals surface area contributed by atoms with Gasteiger partial charge in [-0.05, 0) is 71.5 Å². The number of hydrogen-bond acceptors (Lipinski definition) is 11. The van der Waals surface area contributed by atoms with Crippen molar-refractivity contribution in [1.29, 1.82) is 0 Å². The molecule has 3 aliphatic heterocycles. The van der Waals surface area contributed by atoms with Gasteiger partial charge in [0, 0.05) is 43.9 Å². The normalized spacial score (nSPS) is 19.6. The molecule has 15 nitrogen and oxygen atoms in total. The lowest BCUT2D eigenvalue weighted by molar-refractivity contribution is -0.148. The van der Waals surface area contributed by atoms with E-state index in [2.05, 4.69) is 10.5 Å². The first kappa shape index (κ1) is 40.9. The number of rotatable bonds is 11. The summed E-state index contributed by atoms with van der Waals surface area (Å²) in [6.45, 7) is 0.278. The highest BCUT2D eigenvalue weighted by Crippen LogP contribution is 2.38. The lowest BCUT2D eigenvalue weighted by atomic mass is 9.84. The van der Waals surface area contributed by atoms with Crippen LogP contribution in [0.2, 0.25) is 5.02 Å². The molecule has 55 heavy (non-hydrogen) atoms. The fourth-order valence-corrected chi connectivity index (χ4v) is 7.01. The number of halogens is 2. The zero-order valence-electron chi connectivity index (χ0n) is 29.3. The lowest BCUT2D eigenvalue weighted by Crippen LogP contribution is -2.49. The van der Waals surface area contributed by atoms with Crippen LogP contribution in [-0.2, 0) is 25.6 Å². The van der Waals surface area contributed by atoms with Gasteiger partial charge in [-0.1, -0.05) is 47.1 Å². The third-order valence-electron chi connectivity index (χ3n) is 9.62. The molecule has 3 unspecified atom stereocenters. The van der Waals surface area contributed by atoms with Crippen molar-refractivity contribution in [3.63, 3.8) is 0 Å². The average molecular weight is 783 g/mol. The number of nitrogens with one attached hydrogen (secondary N) is 1. The van der Waals surface area contributed by atoms with E-state index in [0.717, 1.165) is 16.7 Å². The Morgan fingerprint density at radius 1 is 1.00 bits per heavy atom. The van der Waals surface area contributed by atoms with Gasteiger partial charge in [-0.3, -0.25) is 19.3 Å². The van der Waals surface area contributed by atoms with E-state index in [9.17, 15) is 39.2 Å². The Kier molecular flexibility index (Phi) is 13.7. The minimum absolute atomic E-state index is 0.0422. The predicted octanol–water partition coefficient (Wildman–Crippen LogP) is 2.30. The van der Waals surface area contributed by atoms with Gasteiger partial charge in [-0.15, -0.1) is 0 Å². The lowest BCUT2D eigenvalue weighted by Gasteiger charge is -2.38. The highest BCUT2D eigenvalue weighted by atomic mass is 35.5. The van der Waals surface area contributed by atoms with E-state index in [1.165, 1.54) is 41.3 Å². The first-order chi connectivity index (χ1) is 26.4. The third kappa shape index (κ3) is 9.36. The molecule has 3 aliphatic rings. The number of aliphatic hydroxyl groups excluding tert-OH is 4. The van der Waals surface area contributed by atoms with Gasteiger partial charge in [0.15, 0.2) is 5.82 Å². The number of hydrogen-bond donors (Lipinski definition) is 7. The molecular formula is C38H40ClFN4O11. The molecule has 292 valence electrons. The fraction of sp³-hybridized carbons (Fsp3) is 0.342. The number of benzene rings is 3. The summed E-state index contributed by atoms with van der Waals surface area (Å²) in [5.41, 5.74) is 4.08. The van der Waals surface area contributed by atoms with E-state index < -0.39 is 60.7 Å². The quantitative estimate of drug-likeness (QED) is 0.139. The number of fused-ring (bicyclic) bond motifs is 1. The molecule has 0 spiro atoms. The maximum absolute atomic E-state index is 14.8. The van der Waals surface area contributed by atoms with Crippen LogP contribution in [0.15, 0.2) is 71.9 Å². The Hall–Kier alpha value is -5.23. The summed E-state index contributed by atoms with van der Waals surface area (Å²) in [4.78, 5) is 56.9. The number of nitrogens with zero attached hydrogens (tertiary/aromatic N) is 3. The Morgan fingerprint density at radius 2 is 1.69 bits per heavy atom. The molecule has 0 fully saturated rings. The van der Waals surface area contributed by atoms with Crippen molar-refractivity contribution in [2.45, 2.75) is 49.7 Å². The van der Waals surface area contributed by atoms with Crippen molar-refractivity contribution in [3.8, 4) is 0 Å². The Balaban J connectivity index is 0.00000187. The van der Waals surface area contributed by atoms with E-state index in [1.807, 2.05) is 23.1 Å². The minimum Gasteiger partial charge on any atom is -0.483 e. The molecule has 3 aromatic carbocycles. The second kappa shape index (κ2) is 18.4. The van der Waals surface area contributed by atoms with E-state index >= 15 is 0 Å². The van der Waals surface area contributed by atoms with Crippen molar-refractivity contribution < 1.29 is 59.0 Å². The van der Waals surface area contributed by atoms with Crippen LogP contribution in [0.1, 0.15) is 51.5 Å². The largest absolute Gasteiger partial charge is 0.483 e. The number of carboxylic acid groups (broad SMARTS) is 2. The van der Waals surface area contributed by atoms with Crippen molar-refractivity contribution in [2.24, 2.45) is 5.16 Å². The van der Waals surface area contributed by atoms with Gasteiger partial charge >= 0.3 is 5.97 Å². The second-order valence-electron chi connectivity index (χ2n) is 13.0. The number of β-amino-alcohol motifs (C(OH)–C–C–N with tert-alkyl or cyclic N) is 1. The summed E-state index contributed by atoms with van der Waals surface area (Å²) >= 11 is 5.97. The maximum Gasteiger partial charge on any atom is 0.335 e. The van der Waals surface area contributed by atoms with Crippen molar-refractivity contribution in [1.82, 2.24) is 9.80 Å². The number of aromatic carboxylic acids is 1. The monoisotopic (exact) mass is 782 g/mol. The number of amides is 2. The van der Waals surface area contributed by atoms with Gasteiger partial charge in [0.25, 0.3) is 18.3 Å². The Morgan fingerprint density at radius 3 is 2.35 bits per heavy atom. The van der Waals surface area contributed by atoms with Crippen LogP contribution in [0.5, 0.6) is 0 Å². The number of oxime groups is 1. The molecule has 0 saturated heterocycles. The van der Waals surface area contributed by atoms with Crippen LogP contribution in [0.25, 0.3) is 5.57 Å². The van der Waals surface area contributed by atoms with Crippen LogP contribution in [0, 0.1) is 5.82 Å². The zero-order chi connectivity index (χ0) is 39.8. The molecule has 5 atom stereocenters.